The van der Waals surface area contributed by atoms with Gasteiger partial charge in [-0.2, -0.15) is 4.57 Å². The summed E-state index contributed by atoms with van der Waals surface area (Å²) in [6.45, 7) is 2.13. The molecule has 1 aromatic heterocycles. The zero-order valence-corrected chi connectivity index (χ0v) is 14.6. The molecular weight excluding hydrogens is 316 g/mol. The van der Waals surface area contributed by atoms with Crippen molar-refractivity contribution in [1.29, 1.82) is 0 Å². The third-order valence-corrected chi connectivity index (χ3v) is 4.91. The first kappa shape index (κ1) is 14.9. The van der Waals surface area contributed by atoms with E-state index in [4.69, 9.17) is 0 Å². The van der Waals surface area contributed by atoms with Crippen molar-refractivity contribution in [3.8, 4) is 17.1 Å². The molecule has 4 aromatic carbocycles. The molecule has 0 aliphatic carbocycles. The fraction of sp³-hybridized carbons (Fsp3) is 0.0417. The maximum Gasteiger partial charge on any atom is 0.292 e. The van der Waals surface area contributed by atoms with Gasteiger partial charge < -0.3 is 0 Å². The molecule has 2 heteroatoms. The van der Waals surface area contributed by atoms with E-state index < -0.39 is 0 Å². The highest BCUT2D eigenvalue weighted by molar-refractivity contribution is 5.85. The van der Waals surface area contributed by atoms with Crippen molar-refractivity contribution >= 4 is 21.8 Å². The minimum atomic E-state index is 1.10. The van der Waals surface area contributed by atoms with Crippen LogP contribution in [0.2, 0.25) is 0 Å². The van der Waals surface area contributed by atoms with E-state index in [1.54, 1.807) is 0 Å². The number of nitrogens with zero attached hydrogens (tertiary/aromatic N) is 1. The van der Waals surface area contributed by atoms with Crippen LogP contribution in [0.15, 0.2) is 91.0 Å². The third kappa shape index (κ3) is 2.39. The molecule has 0 atom stereocenters. The molecule has 1 N–H and O–H groups in total. The van der Waals surface area contributed by atoms with Gasteiger partial charge in [-0.1, -0.05) is 60.2 Å². The second-order valence-corrected chi connectivity index (χ2v) is 6.73. The van der Waals surface area contributed by atoms with E-state index in [1.807, 2.05) is 0 Å². The van der Waals surface area contributed by atoms with Gasteiger partial charge in [0.25, 0.3) is 5.82 Å². The van der Waals surface area contributed by atoms with Crippen molar-refractivity contribution in [3.63, 3.8) is 0 Å². The number of hydrogen-bond donors (Lipinski definition) is 1. The molecular formula is C24H19N2+. The largest absolute Gasteiger partial charge is 0.292 e. The molecule has 0 saturated heterocycles. The summed E-state index contributed by atoms with van der Waals surface area (Å²) in [6.07, 6.45) is 0. The number of fused-ring (bicyclic) bond motifs is 2. The van der Waals surface area contributed by atoms with Crippen LogP contribution in [0.1, 0.15) is 5.56 Å². The van der Waals surface area contributed by atoms with Gasteiger partial charge in [0.1, 0.15) is 5.69 Å². The number of benzene rings is 4. The highest BCUT2D eigenvalue weighted by Crippen LogP contribution is 2.23. The minimum Gasteiger partial charge on any atom is -0.236 e. The third-order valence-electron chi connectivity index (χ3n) is 4.91. The minimum absolute atomic E-state index is 1.10. The SMILES string of the molecule is Cc1ccc2cc(-[n+]3c(-c4ccccc4)[nH]c4ccccc43)ccc2c1. The smallest absolute Gasteiger partial charge is 0.236 e. The van der Waals surface area contributed by atoms with Crippen molar-refractivity contribution < 1.29 is 4.57 Å². The number of hydrogen-bond acceptors (Lipinski definition) is 0. The van der Waals surface area contributed by atoms with Gasteiger partial charge in [-0.25, -0.2) is 4.98 Å². The molecule has 0 fully saturated rings. The lowest BCUT2D eigenvalue weighted by Gasteiger charge is -2.05. The zero-order valence-electron chi connectivity index (χ0n) is 14.6. The summed E-state index contributed by atoms with van der Waals surface area (Å²) in [4.78, 5) is 3.60. The lowest BCUT2D eigenvalue weighted by atomic mass is 10.1. The zero-order chi connectivity index (χ0) is 17.5. The Morgan fingerprint density at radius 2 is 1.42 bits per heavy atom. The Morgan fingerprint density at radius 1 is 0.692 bits per heavy atom. The Morgan fingerprint density at radius 3 is 2.31 bits per heavy atom. The molecule has 0 bridgehead atoms. The fourth-order valence-electron chi connectivity index (χ4n) is 3.64. The van der Waals surface area contributed by atoms with Crippen molar-refractivity contribution in [3.05, 3.63) is 96.6 Å². The highest BCUT2D eigenvalue weighted by Gasteiger charge is 2.21. The molecule has 1 heterocycles. The highest BCUT2D eigenvalue weighted by atomic mass is 15.1. The van der Waals surface area contributed by atoms with Gasteiger partial charge in [-0.15, -0.1) is 0 Å². The first-order chi connectivity index (χ1) is 12.8. The summed E-state index contributed by atoms with van der Waals surface area (Å²) in [7, 11) is 0. The summed E-state index contributed by atoms with van der Waals surface area (Å²) in [5.74, 6) is 1.10. The van der Waals surface area contributed by atoms with E-state index in [9.17, 15) is 0 Å². The quantitative estimate of drug-likeness (QED) is 0.407. The van der Waals surface area contributed by atoms with Crippen LogP contribution in [0.25, 0.3) is 38.9 Å². The molecule has 0 radical (unpaired) electrons. The molecule has 2 nitrogen and oxygen atoms in total. The van der Waals surface area contributed by atoms with E-state index in [2.05, 4.69) is 107 Å². The molecule has 5 rings (SSSR count). The Hall–Kier alpha value is -3.39. The topological polar surface area (TPSA) is 19.7 Å². The van der Waals surface area contributed by atoms with E-state index >= 15 is 0 Å². The Bertz CT molecular complexity index is 1230. The van der Waals surface area contributed by atoms with Gasteiger partial charge in [0.05, 0.1) is 5.56 Å². The number of aromatic amines is 1. The van der Waals surface area contributed by atoms with Crippen molar-refractivity contribution in [2.24, 2.45) is 0 Å². The van der Waals surface area contributed by atoms with Crippen molar-refractivity contribution in [1.82, 2.24) is 4.98 Å². The number of imidazole rings is 1. The number of aryl methyl sites for hydroxylation is 1. The lowest BCUT2D eigenvalue weighted by molar-refractivity contribution is -0.554. The van der Waals surface area contributed by atoms with Crippen molar-refractivity contribution in [2.45, 2.75) is 6.92 Å². The molecule has 0 saturated carbocycles. The standard InChI is InChI=1S/C24H18N2/c1-17-11-12-20-16-21(14-13-19(20)15-17)26-23-10-6-5-9-22(23)25-24(26)18-7-3-2-4-8-18/h2-16H,1H3/p+1. The lowest BCUT2D eigenvalue weighted by Crippen LogP contribution is -2.31. The van der Waals surface area contributed by atoms with Crippen LogP contribution in [0.5, 0.6) is 0 Å². The molecule has 0 unspecified atom stereocenters. The van der Waals surface area contributed by atoms with Crippen LogP contribution in [0.4, 0.5) is 0 Å². The van der Waals surface area contributed by atoms with Gasteiger partial charge >= 0.3 is 0 Å². The number of nitrogens with one attached hydrogen (secondary N) is 1. The average Bonchev–Trinajstić information content (AvgIpc) is 3.08. The predicted molar refractivity (Wildman–Crippen MR) is 108 cm³/mol. The second kappa shape index (κ2) is 5.85. The van der Waals surface area contributed by atoms with E-state index in [0.29, 0.717) is 0 Å². The van der Waals surface area contributed by atoms with Gasteiger partial charge in [0, 0.05) is 0 Å². The predicted octanol–water partition coefficient (Wildman–Crippen LogP) is 5.57. The maximum atomic E-state index is 3.60. The summed E-state index contributed by atoms with van der Waals surface area (Å²) < 4.78 is 2.31. The number of rotatable bonds is 2. The Labute approximate surface area is 152 Å². The van der Waals surface area contributed by atoms with Crippen LogP contribution in [0.3, 0.4) is 0 Å². The first-order valence-corrected chi connectivity index (χ1v) is 8.88. The molecule has 5 aromatic rings. The van der Waals surface area contributed by atoms with E-state index in [0.717, 1.165) is 17.0 Å². The monoisotopic (exact) mass is 335 g/mol. The fourth-order valence-corrected chi connectivity index (χ4v) is 3.64. The van der Waals surface area contributed by atoms with Gasteiger partial charge in [-0.3, -0.25) is 0 Å². The van der Waals surface area contributed by atoms with Gasteiger partial charge in [-0.05, 0) is 54.1 Å². The summed E-state index contributed by atoms with van der Waals surface area (Å²) >= 11 is 0. The van der Waals surface area contributed by atoms with E-state index in [1.165, 1.54) is 27.4 Å². The van der Waals surface area contributed by atoms with Crippen molar-refractivity contribution in [2.75, 3.05) is 0 Å². The number of para-hydroxylation sites is 2. The molecule has 26 heavy (non-hydrogen) atoms. The van der Waals surface area contributed by atoms with Crippen LogP contribution in [0, 0.1) is 6.92 Å². The van der Waals surface area contributed by atoms with Crippen LogP contribution < -0.4 is 4.57 Å². The average molecular weight is 335 g/mol. The van der Waals surface area contributed by atoms with Gasteiger partial charge in [0.2, 0.25) is 0 Å². The van der Waals surface area contributed by atoms with Crippen LogP contribution in [-0.4, -0.2) is 4.98 Å². The Kier molecular flexibility index (Phi) is 3.36. The second-order valence-electron chi connectivity index (χ2n) is 6.73. The normalized spacial score (nSPS) is 11.3. The summed E-state index contributed by atoms with van der Waals surface area (Å²) in [6, 6.07) is 32.2. The summed E-state index contributed by atoms with van der Waals surface area (Å²) in [5, 5.41) is 2.53. The first-order valence-electron chi connectivity index (χ1n) is 8.88. The number of aromatic nitrogens is 2. The van der Waals surface area contributed by atoms with Gasteiger partial charge in [0.15, 0.2) is 11.0 Å². The number of H-pyrrole nitrogens is 1. The molecule has 0 aliphatic rings. The molecule has 124 valence electrons. The van der Waals surface area contributed by atoms with E-state index in [-0.39, 0.29) is 0 Å². The molecule has 0 aliphatic heterocycles. The molecule has 0 spiro atoms. The Balaban J connectivity index is 1.82. The summed E-state index contributed by atoms with van der Waals surface area (Å²) in [5.41, 5.74) is 5.94. The molecule has 0 amide bonds. The van der Waals surface area contributed by atoms with Crippen LogP contribution in [-0.2, 0) is 0 Å². The van der Waals surface area contributed by atoms with Crippen LogP contribution >= 0.6 is 0 Å². The maximum absolute atomic E-state index is 3.60.